The minimum Gasteiger partial charge on any atom is -0.297 e. The van der Waals surface area contributed by atoms with E-state index in [1.54, 1.807) is 0 Å². The van der Waals surface area contributed by atoms with Gasteiger partial charge in [-0.15, -0.1) is 24.8 Å². The Kier molecular flexibility index (Phi) is 9.48. The van der Waals surface area contributed by atoms with Gasteiger partial charge in [-0.05, 0) is 28.8 Å². The summed E-state index contributed by atoms with van der Waals surface area (Å²) in [5.41, 5.74) is 4.04. The van der Waals surface area contributed by atoms with E-state index in [4.69, 9.17) is 11.6 Å². The molecule has 0 amide bonds. The Balaban J connectivity index is 0.00000150. The summed E-state index contributed by atoms with van der Waals surface area (Å²) in [4.78, 5) is 5.15. The van der Waals surface area contributed by atoms with Gasteiger partial charge in [0, 0.05) is 37.7 Å². The molecule has 0 bridgehead atoms. The van der Waals surface area contributed by atoms with Gasteiger partial charge in [-0.1, -0.05) is 84.4 Å². The Morgan fingerprint density at radius 1 is 0.655 bits per heavy atom. The zero-order chi connectivity index (χ0) is 18.5. The zero-order valence-corrected chi connectivity index (χ0v) is 18.7. The summed E-state index contributed by atoms with van der Waals surface area (Å²) < 4.78 is 0. The molecule has 0 aromatic heterocycles. The molecule has 1 atom stereocenters. The van der Waals surface area contributed by atoms with Crippen LogP contribution in [-0.2, 0) is 6.54 Å². The highest BCUT2D eigenvalue weighted by molar-refractivity contribution is 6.30. The van der Waals surface area contributed by atoms with Gasteiger partial charge in [0.15, 0.2) is 0 Å². The lowest BCUT2D eigenvalue weighted by Gasteiger charge is -2.40. The van der Waals surface area contributed by atoms with Crippen LogP contribution in [0.25, 0.3) is 0 Å². The molecule has 1 saturated heterocycles. The maximum Gasteiger partial charge on any atom is 0.0602 e. The van der Waals surface area contributed by atoms with Crippen LogP contribution in [0.3, 0.4) is 0 Å². The molecule has 1 aliphatic rings. The molecule has 5 heteroatoms. The van der Waals surface area contributed by atoms with Crippen LogP contribution in [0.5, 0.6) is 0 Å². The van der Waals surface area contributed by atoms with Crippen LogP contribution < -0.4 is 0 Å². The molecule has 154 valence electrons. The van der Waals surface area contributed by atoms with E-state index >= 15 is 0 Å². The minimum atomic E-state index is 0. The molecule has 0 spiro atoms. The fraction of sp³-hybridized carbons (Fsp3) is 0.250. The number of rotatable bonds is 5. The number of nitrogens with zero attached hydrogens (tertiary/aromatic N) is 2. The van der Waals surface area contributed by atoms with Gasteiger partial charge >= 0.3 is 0 Å². The lowest BCUT2D eigenvalue weighted by molar-refractivity contribution is 0.105. The Bertz CT molecular complexity index is 833. The quantitative estimate of drug-likeness (QED) is 0.465. The van der Waals surface area contributed by atoms with E-state index in [9.17, 15) is 0 Å². The maximum atomic E-state index is 6.12. The van der Waals surface area contributed by atoms with Gasteiger partial charge in [0.05, 0.1) is 6.04 Å². The molecule has 0 saturated carbocycles. The fourth-order valence-electron chi connectivity index (χ4n) is 3.92. The van der Waals surface area contributed by atoms with E-state index in [2.05, 4.69) is 82.6 Å². The van der Waals surface area contributed by atoms with E-state index in [0.29, 0.717) is 0 Å². The minimum absolute atomic E-state index is 0. The van der Waals surface area contributed by atoms with Crippen LogP contribution in [0, 0.1) is 0 Å². The number of hydrogen-bond acceptors (Lipinski definition) is 2. The number of hydrogen-bond donors (Lipinski definition) is 0. The monoisotopic (exact) mass is 448 g/mol. The first-order chi connectivity index (χ1) is 13.3. The molecule has 3 aromatic rings. The van der Waals surface area contributed by atoms with Crippen LogP contribution in [0.15, 0.2) is 84.9 Å². The molecule has 1 fully saturated rings. The van der Waals surface area contributed by atoms with Crippen molar-refractivity contribution in [3.8, 4) is 0 Å². The predicted octanol–water partition coefficient (Wildman–Crippen LogP) is 6.09. The third kappa shape index (κ3) is 6.21. The van der Waals surface area contributed by atoms with Gasteiger partial charge in [0.2, 0.25) is 0 Å². The molecule has 1 unspecified atom stereocenters. The first-order valence-electron chi connectivity index (χ1n) is 9.60. The van der Waals surface area contributed by atoms with Crippen molar-refractivity contribution in [3.05, 3.63) is 107 Å². The molecule has 0 aliphatic carbocycles. The Morgan fingerprint density at radius 3 is 1.76 bits per heavy atom. The van der Waals surface area contributed by atoms with Crippen LogP contribution in [-0.4, -0.2) is 36.0 Å². The highest BCUT2D eigenvalue weighted by Crippen LogP contribution is 2.30. The van der Waals surface area contributed by atoms with Crippen molar-refractivity contribution in [1.82, 2.24) is 9.80 Å². The lowest BCUT2D eigenvalue weighted by Crippen LogP contribution is -2.47. The molecule has 1 aliphatic heterocycles. The normalized spacial score (nSPS) is 15.8. The second kappa shape index (κ2) is 11.6. The standard InChI is InChI=1S/C24H25ClN2.2ClH/c25-23-13-11-22(12-14-23)24(21-9-5-2-6-10-21)27-17-15-26(16-18-27)19-20-7-3-1-4-8-20;;/h1-14,24H,15-19H2;2*1H. The highest BCUT2D eigenvalue weighted by atomic mass is 35.5. The molecule has 1 heterocycles. The van der Waals surface area contributed by atoms with Crippen LogP contribution in [0.2, 0.25) is 5.02 Å². The topological polar surface area (TPSA) is 6.48 Å². The van der Waals surface area contributed by atoms with E-state index in [1.807, 2.05) is 12.1 Å². The van der Waals surface area contributed by atoms with Gasteiger partial charge in [-0.2, -0.15) is 0 Å². The largest absolute Gasteiger partial charge is 0.297 e. The SMILES string of the molecule is Cl.Cl.Clc1ccc(C(c2ccccc2)N2CCN(Cc3ccccc3)CC2)cc1. The molecule has 0 radical (unpaired) electrons. The van der Waals surface area contributed by atoms with Crippen LogP contribution in [0.1, 0.15) is 22.7 Å². The van der Waals surface area contributed by atoms with Gasteiger partial charge in [-0.25, -0.2) is 0 Å². The van der Waals surface area contributed by atoms with E-state index < -0.39 is 0 Å². The van der Waals surface area contributed by atoms with Crippen molar-refractivity contribution in [3.63, 3.8) is 0 Å². The van der Waals surface area contributed by atoms with Crippen molar-refractivity contribution in [2.45, 2.75) is 12.6 Å². The molecular formula is C24H27Cl3N2. The van der Waals surface area contributed by atoms with Crippen molar-refractivity contribution in [2.75, 3.05) is 26.2 Å². The molecule has 2 nitrogen and oxygen atoms in total. The van der Waals surface area contributed by atoms with E-state index in [-0.39, 0.29) is 30.9 Å². The molecule has 29 heavy (non-hydrogen) atoms. The molecule has 4 rings (SSSR count). The van der Waals surface area contributed by atoms with E-state index in [0.717, 1.165) is 37.7 Å². The number of halogens is 3. The summed E-state index contributed by atoms with van der Waals surface area (Å²) in [7, 11) is 0. The highest BCUT2D eigenvalue weighted by Gasteiger charge is 2.26. The lowest BCUT2D eigenvalue weighted by atomic mass is 9.96. The zero-order valence-electron chi connectivity index (χ0n) is 16.3. The van der Waals surface area contributed by atoms with Crippen LogP contribution in [0.4, 0.5) is 0 Å². The second-order valence-corrected chi connectivity index (χ2v) is 7.60. The summed E-state index contributed by atoms with van der Waals surface area (Å²) >= 11 is 6.12. The third-order valence-corrected chi connectivity index (χ3v) is 5.57. The predicted molar refractivity (Wildman–Crippen MR) is 128 cm³/mol. The van der Waals surface area contributed by atoms with Crippen molar-refractivity contribution < 1.29 is 0 Å². The molecule has 0 N–H and O–H groups in total. The van der Waals surface area contributed by atoms with E-state index in [1.165, 1.54) is 16.7 Å². The summed E-state index contributed by atoms with van der Waals surface area (Å²) in [5, 5.41) is 0.790. The third-order valence-electron chi connectivity index (χ3n) is 5.32. The number of piperazine rings is 1. The first kappa shape index (κ1) is 23.7. The van der Waals surface area contributed by atoms with Gasteiger partial charge in [-0.3, -0.25) is 9.80 Å². The summed E-state index contributed by atoms with van der Waals surface area (Å²) in [6.07, 6.45) is 0. The first-order valence-corrected chi connectivity index (χ1v) is 9.98. The summed E-state index contributed by atoms with van der Waals surface area (Å²) in [6, 6.07) is 30.2. The maximum absolute atomic E-state index is 6.12. The molecule has 3 aromatic carbocycles. The van der Waals surface area contributed by atoms with Crippen molar-refractivity contribution in [2.24, 2.45) is 0 Å². The van der Waals surface area contributed by atoms with Gasteiger partial charge in [0.25, 0.3) is 0 Å². The van der Waals surface area contributed by atoms with Gasteiger partial charge in [0.1, 0.15) is 0 Å². The average Bonchev–Trinajstić information content (AvgIpc) is 2.73. The smallest absolute Gasteiger partial charge is 0.0602 e. The fourth-order valence-corrected chi connectivity index (χ4v) is 4.04. The molecular weight excluding hydrogens is 423 g/mol. The Morgan fingerprint density at radius 2 is 1.17 bits per heavy atom. The van der Waals surface area contributed by atoms with Crippen LogP contribution >= 0.6 is 36.4 Å². The van der Waals surface area contributed by atoms with Gasteiger partial charge < -0.3 is 0 Å². The summed E-state index contributed by atoms with van der Waals surface area (Å²) in [5.74, 6) is 0. The summed E-state index contributed by atoms with van der Waals surface area (Å²) in [6.45, 7) is 5.34. The average molecular weight is 450 g/mol. The Hall–Kier alpha value is -1.55. The van der Waals surface area contributed by atoms with Crippen molar-refractivity contribution >= 4 is 36.4 Å². The number of benzene rings is 3. The van der Waals surface area contributed by atoms with Crippen molar-refractivity contribution in [1.29, 1.82) is 0 Å². The second-order valence-electron chi connectivity index (χ2n) is 7.16. The Labute approximate surface area is 191 Å².